The molecule has 0 bridgehead atoms. The second kappa shape index (κ2) is 7.57. The van der Waals surface area contributed by atoms with E-state index < -0.39 is 6.10 Å². The van der Waals surface area contributed by atoms with Gasteiger partial charge in [0.15, 0.2) is 5.78 Å². The Morgan fingerprint density at radius 2 is 2.19 bits per heavy atom. The number of carbonyl (C=O) groups excluding carboxylic acids is 1. The summed E-state index contributed by atoms with van der Waals surface area (Å²) in [5.41, 5.74) is 0.573. The summed E-state index contributed by atoms with van der Waals surface area (Å²) in [4.78, 5) is 13.0. The van der Waals surface area contributed by atoms with Crippen LogP contribution in [0.4, 0.5) is 0 Å². The number of para-hydroxylation sites is 1. The lowest BCUT2D eigenvalue weighted by atomic mass is 10.0. The van der Waals surface area contributed by atoms with Crippen molar-refractivity contribution in [3.8, 4) is 5.75 Å². The third-order valence-electron chi connectivity index (χ3n) is 4.28. The number of aliphatic hydroxyl groups is 1. The van der Waals surface area contributed by atoms with E-state index in [4.69, 9.17) is 4.74 Å². The molecular formula is C17H26NO3+. The van der Waals surface area contributed by atoms with E-state index in [1.165, 1.54) is 31.1 Å². The Hall–Kier alpha value is -1.39. The number of ether oxygens (including phenoxy) is 1. The van der Waals surface area contributed by atoms with E-state index in [2.05, 4.69) is 6.92 Å². The molecule has 0 amide bonds. The standard InChI is InChI=1S/C17H25NO3/c1-13-7-5-6-10-18(13)11-15(20)12-21-17-9-4-3-8-16(17)14(2)19/h3-4,8-9,13,15,20H,5-7,10-12H2,1-2H3/p+1/t13-,15-/m0/s1. The maximum Gasteiger partial charge on any atom is 0.163 e. The molecule has 1 unspecified atom stereocenters. The Kier molecular flexibility index (Phi) is 5.76. The number of aliphatic hydroxyl groups excluding tert-OH is 1. The molecule has 116 valence electrons. The van der Waals surface area contributed by atoms with Crippen LogP contribution in [0.5, 0.6) is 5.75 Å². The van der Waals surface area contributed by atoms with Gasteiger partial charge in [-0.15, -0.1) is 0 Å². The highest BCUT2D eigenvalue weighted by Crippen LogP contribution is 2.18. The van der Waals surface area contributed by atoms with Gasteiger partial charge in [0.2, 0.25) is 0 Å². The van der Waals surface area contributed by atoms with Crippen LogP contribution in [0.25, 0.3) is 0 Å². The Bertz CT molecular complexity index is 475. The lowest BCUT2D eigenvalue weighted by molar-refractivity contribution is -0.931. The van der Waals surface area contributed by atoms with Crippen LogP contribution in [0.15, 0.2) is 24.3 Å². The van der Waals surface area contributed by atoms with Gasteiger partial charge in [-0.25, -0.2) is 0 Å². The van der Waals surface area contributed by atoms with Gasteiger partial charge in [-0.05, 0) is 45.2 Å². The van der Waals surface area contributed by atoms with Gasteiger partial charge < -0.3 is 14.7 Å². The topological polar surface area (TPSA) is 51.0 Å². The normalized spacial score (nSPS) is 23.6. The number of benzene rings is 1. The third-order valence-corrected chi connectivity index (χ3v) is 4.28. The van der Waals surface area contributed by atoms with Crippen LogP contribution in [0.3, 0.4) is 0 Å². The van der Waals surface area contributed by atoms with Crippen molar-refractivity contribution in [3.05, 3.63) is 29.8 Å². The van der Waals surface area contributed by atoms with Crippen LogP contribution in [0, 0.1) is 0 Å². The Labute approximate surface area is 126 Å². The Morgan fingerprint density at radius 3 is 2.90 bits per heavy atom. The molecular weight excluding hydrogens is 266 g/mol. The molecule has 21 heavy (non-hydrogen) atoms. The van der Waals surface area contributed by atoms with Crippen molar-refractivity contribution >= 4 is 5.78 Å². The fourth-order valence-corrected chi connectivity index (χ4v) is 2.99. The van der Waals surface area contributed by atoms with E-state index in [0.29, 0.717) is 23.9 Å². The van der Waals surface area contributed by atoms with Gasteiger partial charge >= 0.3 is 0 Å². The number of hydrogen-bond donors (Lipinski definition) is 2. The zero-order valence-corrected chi connectivity index (χ0v) is 13.0. The largest absolute Gasteiger partial charge is 0.490 e. The summed E-state index contributed by atoms with van der Waals surface area (Å²) in [6.45, 7) is 5.84. The number of nitrogens with one attached hydrogen (secondary N) is 1. The monoisotopic (exact) mass is 292 g/mol. The maximum absolute atomic E-state index is 11.5. The second-order valence-corrected chi connectivity index (χ2v) is 6.03. The molecule has 0 radical (unpaired) electrons. The highest BCUT2D eigenvalue weighted by atomic mass is 16.5. The van der Waals surface area contributed by atoms with Gasteiger partial charge in [0, 0.05) is 0 Å². The number of quaternary nitrogens is 1. The minimum Gasteiger partial charge on any atom is -0.490 e. The van der Waals surface area contributed by atoms with Crippen molar-refractivity contribution < 1.29 is 19.5 Å². The summed E-state index contributed by atoms with van der Waals surface area (Å²) in [5.74, 6) is 0.543. The van der Waals surface area contributed by atoms with Crippen molar-refractivity contribution in [2.75, 3.05) is 19.7 Å². The summed E-state index contributed by atoms with van der Waals surface area (Å²) >= 11 is 0. The van der Waals surface area contributed by atoms with Gasteiger partial charge in [-0.2, -0.15) is 0 Å². The molecule has 0 aliphatic carbocycles. The van der Waals surface area contributed by atoms with Crippen molar-refractivity contribution in [2.24, 2.45) is 0 Å². The van der Waals surface area contributed by atoms with Crippen LogP contribution >= 0.6 is 0 Å². The molecule has 1 aromatic carbocycles. The summed E-state index contributed by atoms with van der Waals surface area (Å²) in [5, 5.41) is 10.2. The average molecular weight is 292 g/mol. The van der Waals surface area contributed by atoms with E-state index in [0.717, 1.165) is 6.54 Å². The predicted octanol–water partition coefficient (Wildman–Crippen LogP) is 1.09. The maximum atomic E-state index is 11.5. The van der Waals surface area contributed by atoms with Gasteiger partial charge in [-0.3, -0.25) is 4.79 Å². The quantitative estimate of drug-likeness (QED) is 0.772. The summed E-state index contributed by atoms with van der Waals surface area (Å²) in [6.07, 6.45) is 3.26. The first-order valence-corrected chi connectivity index (χ1v) is 7.83. The minimum absolute atomic E-state index is 0.0182. The van der Waals surface area contributed by atoms with Crippen LogP contribution in [0.2, 0.25) is 0 Å². The first-order valence-electron chi connectivity index (χ1n) is 7.83. The highest BCUT2D eigenvalue weighted by Gasteiger charge is 2.24. The number of hydrogen-bond acceptors (Lipinski definition) is 3. The zero-order valence-electron chi connectivity index (χ0n) is 13.0. The van der Waals surface area contributed by atoms with Crippen LogP contribution < -0.4 is 9.64 Å². The predicted molar refractivity (Wildman–Crippen MR) is 82.0 cm³/mol. The first kappa shape index (κ1) is 16.0. The molecule has 1 heterocycles. The SMILES string of the molecule is CC(=O)c1ccccc1OC[C@@H](O)C[NH+]1CCCC[C@@H]1C. The van der Waals surface area contributed by atoms with Crippen LogP contribution in [0.1, 0.15) is 43.5 Å². The lowest BCUT2D eigenvalue weighted by Gasteiger charge is -2.31. The van der Waals surface area contributed by atoms with E-state index >= 15 is 0 Å². The zero-order chi connectivity index (χ0) is 15.2. The Morgan fingerprint density at radius 1 is 1.43 bits per heavy atom. The number of Topliss-reactive ketones (excluding diaryl/α,β-unsaturated/α-hetero) is 1. The lowest BCUT2D eigenvalue weighted by Crippen LogP contribution is -3.17. The second-order valence-electron chi connectivity index (χ2n) is 6.03. The third kappa shape index (κ3) is 4.55. The van der Waals surface area contributed by atoms with E-state index in [1.54, 1.807) is 12.1 Å². The number of piperidine rings is 1. The fraction of sp³-hybridized carbons (Fsp3) is 0.588. The molecule has 1 fully saturated rings. The molecule has 3 atom stereocenters. The smallest absolute Gasteiger partial charge is 0.163 e. The van der Waals surface area contributed by atoms with E-state index in [9.17, 15) is 9.90 Å². The van der Waals surface area contributed by atoms with Gasteiger partial charge in [0.1, 0.15) is 25.0 Å². The number of ketones is 1. The summed E-state index contributed by atoms with van der Waals surface area (Å²) in [7, 11) is 0. The minimum atomic E-state index is -0.499. The van der Waals surface area contributed by atoms with Crippen molar-refractivity contribution in [1.29, 1.82) is 0 Å². The van der Waals surface area contributed by atoms with Crippen molar-refractivity contribution in [1.82, 2.24) is 0 Å². The van der Waals surface area contributed by atoms with Gasteiger partial charge in [-0.1, -0.05) is 12.1 Å². The molecule has 0 saturated carbocycles. The first-order chi connectivity index (χ1) is 10.1. The molecule has 2 N–H and O–H groups in total. The molecule has 0 aromatic heterocycles. The summed E-state index contributed by atoms with van der Waals surface area (Å²) < 4.78 is 5.65. The number of carbonyl (C=O) groups is 1. The molecule has 1 aromatic rings. The molecule has 1 saturated heterocycles. The van der Waals surface area contributed by atoms with Crippen molar-refractivity contribution in [3.63, 3.8) is 0 Å². The molecule has 4 nitrogen and oxygen atoms in total. The molecule has 1 aliphatic rings. The number of likely N-dealkylation sites (tertiary alicyclic amines) is 1. The van der Waals surface area contributed by atoms with Crippen LogP contribution in [-0.4, -0.2) is 42.7 Å². The highest BCUT2D eigenvalue weighted by molar-refractivity contribution is 5.96. The average Bonchev–Trinajstić information content (AvgIpc) is 2.48. The number of rotatable bonds is 6. The molecule has 0 spiro atoms. The fourth-order valence-electron chi connectivity index (χ4n) is 2.99. The van der Waals surface area contributed by atoms with E-state index in [-0.39, 0.29) is 12.4 Å². The van der Waals surface area contributed by atoms with Crippen LogP contribution in [-0.2, 0) is 0 Å². The van der Waals surface area contributed by atoms with Gasteiger partial charge in [0.05, 0.1) is 18.2 Å². The molecule has 4 heteroatoms. The van der Waals surface area contributed by atoms with E-state index in [1.807, 2.05) is 12.1 Å². The Balaban J connectivity index is 1.86. The molecule has 2 rings (SSSR count). The molecule has 1 aliphatic heterocycles. The summed E-state index contributed by atoms with van der Waals surface area (Å²) in [6, 6.07) is 7.80. The van der Waals surface area contributed by atoms with Gasteiger partial charge in [0.25, 0.3) is 0 Å². The van der Waals surface area contributed by atoms with Crippen molar-refractivity contribution in [2.45, 2.75) is 45.3 Å².